The number of para-hydroxylation sites is 1. The normalized spacial score (nSPS) is 16.2. The smallest absolute Gasteiger partial charge is 0.213 e. The van der Waals surface area contributed by atoms with Crippen LogP contribution in [-0.2, 0) is 0 Å². The Balaban J connectivity index is 1.83. The molecule has 3 aromatic rings. The van der Waals surface area contributed by atoms with Crippen LogP contribution < -0.4 is 4.74 Å². The summed E-state index contributed by atoms with van der Waals surface area (Å²) in [6, 6.07) is 18.0. The number of rotatable bonds is 4. The highest BCUT2D eigenvalue weighted by atomic mass is 32.2. The highest BCUT2D eigenvalue weighted by molar-refractivity contribution is 8.00. The summed E-state index contributed by atoms with van der Waals surface area (Å²) in [5, 5.41) is 14.5. The van der Waals surface area contributed by atoms with Gasteiger partial charge in [0.25, 0.3) is 0 Å². The molecule has 0 saturated carbocycles. The van der Waals surface area contributed by atoms with E-state index in [0.717, 1.165) is 33.6 Å². The Morgan fingerprint density at radius 3 is 2.60 bits per heavy atom. The van der Waals surface area contributed by atoms with E-state index >= 15 is 0 Å². The zero-order chi connectivity index (χ0) is 17.2. The van der Waals surface area contributed by atoms with Crippen molar-refractivity contribution in [3.63, 3.8) is 0 Å². The van der Waals surface area contributed by atoms with Crippen LogP contribution in [-0.4, -0.2) is 32.4 Å². The second kappa shape index (κ2) is 6.72. The Morgan fingerprint density at radius 2 is 1.80 bits per heavy atom. The molecule has 0 aliphatic carbocycles. The molecular weight excluding hydrogens is 332 g/mol. The van der Waals surface area contributed by atoms with E-state index in [1.54, 1.807) is 11.8 Å². The SMILES string of the molecule is CCOc1ccccc1C1=Nn2c(nnc2-c2ccccc2)S[C@H]1C. The van der Waals surface area contributed by atoms with E-state index in [1.807, 2.05) is 60.1 Å². The zero-order valence-electron chi connectivity index (χ0n) is 14.1. The molecular formula is C19H18N4OS. The lowest BCUT2D eigenvalue weighted by Gasteiger charge is -2.21. The lowest BCUT2D eigenvalue weighted by Crippen LogP contribution is -2.22. The predicted molar refractivity (Wildman–Crippen MR) is 100 cm³/mol. The van der Waals surface area contributed by atoms with Crippen LogP contribution in [0.2, 0.25) is 0 Å². The molecule has 25 heavy (non-hydrogen) atoms. The van der Waals surface area contributed by atoms with Crippen molar-refractivity contribution in [1.82, 2.24) is 14.9 Å². The maximum Gasteiger partial charge on any atom is 0.213 e. The third-order valence-corrected chi connectivity index (χ3v) is 5.02. The third-order valence-electron chi connectivity index (χ3n) is 3.98. The van der Waals surface area contributed by atoms with E-state index in [-0.39, 0.29) is 5.25 Å². The molecule has 0 unspecified atom stereocenters. The van der Waals surface area contributed by atoms with Gasteiger partial charge in [-0.3, -0.25) is 0 Å². The molecule has 6 heteroatoms. The van der Waals surface area contributed by atoms with Gasteiger partial charge in [0.05, 0.1) is 17.6 Å². The largest absolute Gasteiger partial charge is 0.493 e. The molecule has 0 saturated heterocycles. The number of fused-ring (bicyclic) bond motifs is 1. The molecule has 2 aromatic carbocycles. The third kappa shape index (κ3) is 2.93. The monoisotopic (exact) mass is 350 g/mol. The minimum Gasteiger partial charge on any atom is -0.493 e. The van der Waals surface area contributed by atoms with Crippen LogP contribution in [0.15, 0.2) is 64.9 Å². The van der Waals surface area contributed by atoms with Gasteiger partial charge in [0.2, 0.25) is 5.16 Å². The molecule has 0 radical (unpaired) electrons. The van der Waals surface area contributed by atoms with Crippen LogP contribution in [0.3, 0.4) is 0 Å². The summed E-state index contributed by atoms with van der Waals surface area (Å²) in [4.78, 5) is 0. The second-order valence-electron chi connectivity index (χ2n) is 5.66. The second-order valence-corrected chi connectivity index (χ2v) is 6.97. The summed E-state index contributed by atoms with van der Waals surface area (Å²) in [6.45, 7) is 4.74. The summed E-state index contributed by atoms with van der Waals surface area (Å²) in [5.74, 6) is 1.61. The quantitative estimate of drug-likeness (QED) is 0.711. The summed E-state index contributed by atoms with van der Waals surface area (Å²) in [5.41, 5.74) is 2.99. The van der Waals surface area contributed by atoms with Crippen LogP contribution in [0.5, 0.6) is 5.75 Å². The standard InChI is InChI=1S/C19H18N4OS/c1-3-24-16-12-8-7-11-15(16)17-13(2)25-19-21-20-18(23(19)22-17)14-9-5-4-6-10-14/h4-13H,3H2,1-2H3/t13-/m0/s1. The number of benzene rings is 2. The lowest BCUT2D eigenvalue weighted by atomic mass is 10.1. The first kappa shape index (κ1) is 15.9. The molecule has 126 valence electrons. The van der Waals surface area contributed by atoms with Crippen LogP contribution in [0.25, 0.3) is 11.4 Å². The number of nitrogens with zero attached hydrogens (tertiary/aromatic N) is 4. The van der Waals surface area contributed by atoms with Gasteiger partial charge in [-0.05, 0) is 26.0 Å². The number of aromatic nitrogens is 3. The van der Waals surface area contributed by atoms with E-state index in [9.17, 15) is 0 Å². The lowest BCUT2D eigenvalue weighted by molar-refractivity contribution is 0.339. The molecule has 4 rings (SSSR count). The van der Waals surface area contributed by atoms with Gasteiger partial charge in [0.1, 0.15) is 5.75 Å². The van der Waals surface area contributed by atoms with Gasteiger partial charge in [0.15, 0.2) is 5.82 Å². The Bertz CT molecular complexity index is 920. The fraction of sp³-hybridized carbons (Fsp3) is 0.211. The molecule has 0 N–H and O–H groups in total. The van der Waals surface area contributed by atoms with E-state index in [4.69, 9.17) is 9.84 Å². The summed E-state index contributed by atoms with van der Waals surface area (Å²) < 4.78 is 7.62. The average molecular weight is 350 g/mol. The summed E-state index contributed by atoms with van der Waals surface area (Å²) in [6.07, 6.45) is 0. The highest BCUT2D eigenvalue weighted by Crippen LogP contribution is 2.34. The van der Waals surface area contributed by atoms with Crippen molar-refractivity contribution in [3.8, 4) is 17.1 Å². The topological polar surface area (TPSA) is 52.3 Å². The Labute approximate surface area is 150 Å². The Hall–Kier alpha value is -2.60. The first-order valence-corrected chi connectivity index (χ1v) is 9.14. The molecule has 5 nitrogen and oxygen atoms in total. The van der Waals surface area contributed by atoms with Gasteiger partial charge >= 0.3 is 0 Å². The van der Waals surface area contributed by atoms with Crippen LogP contribution in [0, 0.1) is 0 Å². The predicted octanol–water partition coefficient (Wildman–Crippen LogP) is 4.09. The molecule has 2 heterocycles. The van der Waals surface area contributed by atoms with Crippen molar-refractivity contribution in [3.05, 3.63) is 60.2 Å². The van der Waals surface area contributed by atoms with Gasteiger partial charge in [-0.1, -0.05) is 54.2 Å². The fourth-order valence-corrected chi connectivity index (χ4v) is 3.75. The molecule has 1 aliphatic rings. The van der Waals surface area contributed by atoms with E-state index in [2.05, 4.69) is 23.2 Å². The van der Waals surface area contributed by atoms with Crippen molar-refractivity contribution in [2.45, 2.75) is 24.3 Å². The average Bonchev–Trinajstić information content (AvgIpc) is 3.05. The number of thioether (sulfide) groups is 1. The summed E-state index contributed by atoms with van der Waals surface area (Å²) >= 11 is 1.66. The summed E-state index contributed by atoms with van der Waals surface area (Å²) in [7, 11) is 0. The molecule has 1 aliphatic heterocycles. The van der Waals surface area contributed by atoms with Gasteiger partial charge in [-0.2, -0.15) is 9.78 Å². The molecule has 0 fully saturated rings. The van der Waals surface area contributed by atoms with Crippen molar-refractivity contribution >= 4 is 17.5 Å². The highest BCUT2D eigenvalue weighted by Gasteiger charge is 2.27. The van der Waals surface area contributed by atoms with Crippen molar-refractivity contribution < 1.29 is 4.74 Å². The van der Waals surface area contributed by atoms with Crippen molar-refractivity contribution in [1.29, 1.82) is 0 Å². The minimum absolute atomic E-state index is 0.168. The van der Waals surface area contributed by atoms with Gasteiger partial charge < -0.3 is 4.74 Å². The minimum atomic E-state index is 0.168. The molecule has 1 atom stereocenters. The Kier molecular flexibility index (Phi) is 4.28. The Morgan fingerprint density at radius 1 is 1.04 bits per heavy atom. The molecule has 0 spiro atoms. The van der Waals surface area contributed by atoms with Crippen molar-refractivity contribution in [2.24, 2.45) is 5.10 Å². The first-order chi connectivity index (χ1) is 12.3. The zero-order valence-corrected chi connectivity index (χ0v) is 14.9. The van der Waals surface area contributed by atoms with Gasteiger partial charge in [0, 0.05) is 11.1 Å². The molecule has 0 amide bonds. The van der Waals surface area contributed by atoms with Crippen LogP contribution in [0.4, 0.5) is 0 Å². The van der Waals surface area contributed by atoms with Crippen LogP contribution in [0.1, 0.15) is 19.4 Å². The number of ether oxygens (including phenoxy) is 1. The first-order valence-electron chi connectivity index (χ1n) is 8.26. The fourth-order valence-electron chi connectivity index (χ4n) is 2.83. The van der Waals surface area contributed by atoms with E-state index in [0.29, 0.717) is 6.61 Å². The van der Waals surface area contributed by atoms with Gasteiger partial charge in [-0.15, -0.1) is 10.2 Å². The van der Waals surface area contributed by atoms with Crippen molar-refractivity contribution in [2.75, 3.05) is 6.61 Å². The van der Waals surface area contributed by atoms with Crippen LogP contribution >= 0.6 is 11.8 Å². The van der Waals surface area contributed by atoms with E-state index in [1.165, 1.54) is 0 Å². The molecule has 0 bridgehead atoms. The number of hydrogen-bond donors (Lipinski definition) is 0. The number of hydrogen-bond acceptors (Lipinski definition) is 5. The van der Waals surface area contributed by atoms with E-state index < -0.39 is 0 Å². The maximum atomic E-state index is 5.79. The maximum absolute atomic E-state index is 5.79. The molecule has 1 aromatic heterocycles. The van der Waals surface area contributed by atoms with Gasteiger partial charge in [-0.25, -0.2) is 0 Å².